The van der Waals surface area contributed by atoms with Crippen LogP contribution < -0.4 is 9.80 Å². The first-order valence-corrected chi connectivity index (χ1v) is 14.6. The van der Waals surface area contributed by atoms with E-state index in [0.717, 1.165) is 17.1 Å². The Morgan fingerprint density at radius 1 is 0.476 bits per heavy atom. The summed E-state index contributed by atoms with van der Waals surface area (Å²) in [6, 6.07) is 54.7. The number of aryl methyl sites for hydroxylation is 1. The minimum atomic E-state index is -0.183. The first kappa shape index (κ1) is 25.9. The number of nitrogens with zero attached hydrogens (tertiary/aromatic N) is 2. The van der Waals surface area contributed by atoms with E-state index in [0.29, 0.717) is 0 Å². The van der Waals surface area contributed by atoms with Crippen LogP contribution in [0.15, 0.2) is 152 Å². The Bertz CT molecular complexity index is 1840. The molecule has 0 radical (unpaired) electrons. The first-order chi connectivity index (χ1) is 20.5. The molecule has 0 amide bonds. The molecule has 0 saturated heterocycles. The van der Waals surface area contributed by atoms with E-state index < -0.39 is 0 Å². The second-order valence-corrected chi connectivity index (χ2v) is 11.6. The van der Waals surface area contributed by atoms with E-state index in [-0.39, 0.29) is 5.41 Å². The van der Waals surface area contributed by atoms with Crippen molar-refractivity contribution >= 4 is 34.1 Å². The van der Waals surface area contributed by atoms with Gasteiger partial charge in [0.1, 0.15) is 0 Å². The van der Waals surface area contributed by atoms with Gasteiger partial charge in [0.25, 0.3) is 0 Å². The summed E-state index contributed by atoms with van der Waals surface area (Å²) in [5.74, 6) is 0. The van der Waals surface area contributed by atoms with Crippen LogP contribution in [0.3, 0.4) is 0 Å². The quantitative estimate of drug-likeness (QED) is 0.214. The van der Waals surface area contributed by atoms with Crippen molar-refractivity contribution in [3.8, 4) is 11.1 Å². The van der Waals surface area contributed by atoms with Gasteiger partial charge in [-0.15, -0.1) is 0 Å². The van der Waals surface area contributed by atoms with Crippen LogP contribution in [0.4, 0.5) is 34.1 Å². The topological polar surface area (TPSA) is 6.48 Å². The molecule has 2 heteroatoms. The highest BCUT2D eigenvalue weighted by Crippen LogP contribution is 2.53. The highest BCUT2D eigenvalue weighted by atomic mass is 15.2. The fraction of sp³-hybridized carbons (Fsp3) is 0.100. The maximum atomic E-state index is 2.42. The summed E-state index contributed by atoms with van der Waals surface area (Å²) in [4.78, 5) is 4.78. The van der Waals surface area contributed by atoms with Crippen LogP contribution in [0.1, 0.15) is 30.5 Å². The van der Waals surface area contributed by atoms with Gasteiger partial charge in [0.15, 0.2) is 0 Å². The number of para-hydroxylation sites is 2. The van der Waals surface area contributed by atoms with Crippen molar-refractivity contribution in [2.75, 3.05) is 9.80 Å². The normalized spacial score (nSPS) is 13.3. The Morgan fingerprint density at radius 2 is 0.976 bits per heavy atom. The van der Waals surface area contributed by atoms with Gasteiger partial charge in [0.05, 0.1) is 11.4 Å². The molecule has 0 fully saturated rings. The Hall–Kier alpha value is -5.08. The number of benzene rings is 6. The lowest BCUT2D eigenvalue weighted by atomic mass is 9.73. The van der Waals surface area contributed by atoms with Crippen LogP contribution in [-0.4, -0.2) is 0 Å². The molecule has 6 aromatic rings. The van der Waals surface area contributed by atoms with E-state index in [9.17, 15) is 0 Å². The van der Waals surface area contributed by atoms with Gasteiger partial charge in [-0.2, -0.15) is 0 Å². The summed E-state index contributed by atoms with van der Waals surface area (Å²) in [5.41, 5.74) is 13.2. The molecule has 1 aliphatic heterocycles. The van der Waals surface area contributed by atoms with E-state index in [1.807, 2.05) is 0 Å². The van der Waals surface area contributed by atoms with Crippen LogP contribution in [0, 0.1) is 6.92 Å². The van der Waals surface area contributed by atoms with E-state index in [2.05, 4.69) is 182 Å². The fourth-order valence-corrected chi connectivity index (χ4v) is 6.29. The number of hydrogen-bond donors (Lipinski definition) is 0. The highest BCUT2D eigenvalue weighted by Gasteiger charge is 2.37. The number of fused-ring (bicyclic) bond motifs is 2. The number of rotatable bonds is 5. The summed E-state index contributed by atoms with van der Waals surface area (Å²) in [6.07, 6.45) is 0. The van der Waals surface area contributed by atoms with E-state index >= 15 is 0 Å². The molecule has 7 rings (SSSR count). The molecule has 0 saturated carbocycles. The standard InChI is InChI=1S/C40H34N2/c1-29-19-25-38-36(27-29)40(2,3)37-28-35(24-26-39(37)42(38)33-17-11-6-12-18-33)41(32-15-9-5-10-16-32)34-22-20-31(21-23-34)30-13-7-4-8-14-30/h4-28H,1-3H3. The minimum absolute atomic E-state index is 0.183. The molecule has 0 aromatic heterocycles. The summed E-state index contributed by atoms with van der Waals surface area (Å²) in [6.45, 7) is 6.90. The molecule has 2 nitrogen and oxygen atoms in total. The molecule has 1 heterocycles. The first-order valence-electron chi connectivity index (χ1n) is 14.6. The van der Waals surface area contributed by atoms with Crippen molar-refractivity contribution in [3.05, 3.63) is 168 Å². The van der Waals surface area contributed by atoms with Gasteiger partial charge in [-0.05, 0) is 89.8 Å². The molecule has 0 aliphatic carbocycles. The Labute approximate surface area is 249 Å². The van der Waals surface area contributed by atoms with Gasteiger partial charge in [0.2, 0.25) is 0 Å². The zero-order valence-corrected chi connectivity index (χ0v) is 24.3. The Balaban J connectivity index is 1.40. The lowest BCUT2D eigenvalue weighted by Crippen LogP contribution is -2.31. The van der Waals surface area contributed by atoms with Crippen molar-refractivity contribution < 1.29 is 0 Å². The van der Waals surface area contributed by atoms with Gasteiger partial charge in [-0.3, -0.25) is 0 Å². The molecule has 0 N–H and O–H groups in total. The maximum absolute atomic E-state index is 2.42. The van der Waals surface area contributed by atoms with Crippen LogP contribution >= 0.6 is 0 Å². The molecule has 0 atom stereocenters. The molecule has 204 valence electrons. The van der Waals surface area contributed by atoms with E-state index in [1.165, 1.54) is 44.9 Å². The average Bonchev–Trinajstić information content (AvgIpc) is 3.04. The SMILES string of the molecule is Cc1ccc2c(c1)C(C)(C)c1cc(N(c3ccccc3)c3ccc(-c4ccccc4)cc3)ccc1N2c1ccccc1. The van der Waals surface area contributed by atoms with Crippen LogP contribution in [0.2, 0.25) is 0 Å². The van der Waals surface area contributed by atoms with Gasteiger partial charge in [0, 0.05) is 28.2 Å². The monoisotopic (exact) mass is 542 g/mol. The van der Waals surface area contributed by atoms with E-state index in [4.69, 9.17) is 0 Å². The predicted octanol–water partition coefficient (Wildman–Crippen LogP) is 11.2. The van der Waals surface area contributed by atoms with Crippen molar-refractivity contribution in [2.45, 2.75) is 26.2 Å². The van der Waals surface area contributed by atoms with Gasteiger partial charge in [-0.1, -0.05) is 110 Å². The van der Waals surface area contributed by atoms with Gasteiger partial charge in [-0.25, -0.2) is 0 Å². The van der Waals surface area contributed by atoms with Crippen molar-refractivity contribution in [1.29, 1.82) is 0 Å². The smallest absolute Gasteiger partial charge is 0.0504 e. The zero-order chi connectivity index (χ0) is 28.7. The van der Waals surface area contributed by atoms with Crippen molar-refractivity contribution in [1.82, 2.24) is 0 Å². The zero-order valence-electron chi connectivity index (χ0n) is 24.3. The fourth-order valence-electron chi connectivity index (χ4n) is 6.29. The lowest BCUT2D eigenvalue weighted by molar-refractivity contribution is 0.631. The molecule has 0 bridgehead atoms. The Kier molecular flexibility index (Phi) is 6.40. The highest BCUT2D eigenvalue weighted by molar-refractivity contribution is 5.88. The molecular weight excluding hydrogens is 508 g/mol. The number of anilines is 6. The van der Waals surface area contributed by atoms with Crippen molar-refractivity contribution in [2.24, 2.45) is 0 Å². The van der Waals surface area contributed by atoms with Gasteiger partial charge < -0.3 is 9.80 Å². The second kappa shape index (κ2) is 10.4. The summed E-state index contributed by atoms with van der Waals surface area (Å²) < 4.78 is 0. The second-order valence-electron chi connectivity index (χ2n) is 11.6. The third kappa shape index (κ3) is 4.46. The molecule has 42 heavy (non-hydrogen) atoms. The average molecular weight is 543 g/mol. The van der Waals surface area contributed by atoms with Crippen molar-refractivity contribution in [3.63, 3.8) is 0 Å². The lowest BCUT2D eigenvalue weighted by Gasteiger charge is -2.43. The molecular formula is C40H34N2. The molecule has 1 aliphatic rings. The predicted molar refractivity (Wildman–Crippen MR) is 178 cm³/mol. The third-order valence-electron chi connectivity index (χ3n) is 8.48. The maximum Gasteiger partial charge on any atom is 0.0504 e. The summed E-state index contributed by atoms with van der Waals surface area (Å²) in [5, 5.41) is 0. The van der Waals surface area contributed by atoms with E-state index in [1.54, 1.807) is 0 Å². The van der Waals surface area contributed by atoms with Crippen LogP contribution in [0.5, 0.6) is 0 Å². The molecule has 6 aromatic carbocycles. The minimum Gasteiger partial charge on any atom is -0.310 e. The Morgan fingerprint density at radius 3 is 1.64 bits per heavy atom. The summed E-state index contributed by atoms with van der Waals surface area (Å²) in [7, 11) is 0. The summed E-state index contributed by atoms with van der Waals surface area (Å²) >= 11 is 0. The number of hydrogen-bond acceptors (Lipinski definition) is 2. The largest absolute Gasteiger partial charge is 0.310 e. The third-order valence-corrected chi connectivity index (χ3v) is 8.48. The molecule has 0 unspecified atom stereocenters. The van der Waals surface area contributed by atoms with Crippen LogP contribution in [0.25, 0.3) is 11.1 Å². The molecule has 0 spiro atoms. The van der Waals surface area contributed by atoms with Crippen LogP contribution in [-0.2, 0) is 5.41 Å². The van der Waals surface area contributed by atoms with Gasteiger partial charge >= 0.3 is 0 Å².